The summed E-state index contributed by atoms with van der Waals surface area (Å²) in [6.07, 6.45) is 2.33. The Kier molecular flexibility index (Phi) is 9.69. The van der Waals surface area contributed by atoms with Crippen LogP contribution in [0.1, 0.15) is 59.3 Å². The molecule has 7 rings (SSSR count). The second-order valence-electron chi connectivity index (χ2n) is 16.2. The normalized spacial score (nSPS) is 24.7. The molecule has 2 heterocycles. The summed E-state index contributed by atoms with van der Waals surface area (Å²) >= 11 is 0. The van der Waals surface area contributed by atoms with E-state index in [1.807, 2.05) is 36.4 Å². The number of hydrogen-bond acceptors (Lipinski definition) is 10. The zero-order chi connectivity index (χ0) is 39.5. The van der Waals surface area contributed by atoms with Crippen molar-refractivity contribution in [3.05, 3.63) is 67.3 Å². The molecule has 0 bridgehead atoms. The van der Waals surface area contributed by atoms with Crippen molar-refractivity contribution < 1.29 is 42.2 Å². The molecule has 2 aromatic carbocycles. The van der Waals surface area contributed by atoms with Crippen LogP contribution in [0.5, 0.6) is 11.5 Å². The van der Waals surface area contributed by atoms with Crippen molar-refractivity contribution >= 4 is 44.6 Å². The average molecular weight is 774 g/mol. The molecule has 14 nitrogen and oxygen atoms in total. The van der Waals surface area contributed by atoms with Crippen LogP contribution in [0.15, 0.2) is 67.3 Å². The summed E-state index contributed by atoms with van der Waals surface area (Å²) in [7, 11) is -2.36. The molecule has 55 heavy (non-hydrogen) atoms. The van der Waals surface area contributed by atoms with Crippen LogP contribution in [-0.2, 0) is 29.2 Å². The highest BCUT2D eigenvalue weighted by molar-refractivity contribution is 7.91. The van der Waals surface area contributed by atoms with Crippen LogP contribution >= 0.6 is 0 Å². The van der Waals surface area contributed by atoms with E-state index in [0.717, 1.165) is 5.56 Å². The summed E-state index contributed by atoms with van der Waals surface area (Å²) in [4.78, 5) is 61.9. The third-order valence-electron chi connectivity index (χ3n) is 11.0. The minimum atomic E-state index is -3.92. The fraction of sp³-hybridized carbons (Fsp3) is 0.475. The smallest absolute Gasteiger partial charge is 0.259 e. The second kappa shape index (κ2) is 13.9. The van der Waals surface area contributed by atoms with Crippen molar-refractivity contribution in [2.45, 2.75) is 93.9 Å². The summed E-state index contributed by atoms with van der Waals surface area (Å²) < 4.78 is 39.8. The van der Waals surface area contributed by atoms with Crippen molar-refractivity contribution in [2.75, 3.05) is 13.7 Å². The van der Waals surface area contributed by atoms with Crippen molar-refractivity contribution in [1.29, 1.82) is 0 Å². The highest BCUT2D eigenvalue weighted by atomic mass is 32.2. The van der Waals surface area contributed by atoms with Crippen molar-refractivity contribution in [3.8, 4) is 22.8 Å². The fourth-order valence-electron chi connectivity index (χ4n) is 7.16. The third kappa shape index (κ3) is 7.64. The van der Waals surface area contributed by atoms with Crippen molar-refractivity contribution in [3.63, 3.8) is 0 Å². The Balaban J connectivity index is 1.22. The SMILES string of the molecule is C=CC1CC1(NC(=O)C1CC(Oc2cc(-c3ccccc3)nc3cc(OC)ccc23)CN1C(=O)C(NC(=O)C1(O)CC1)C(C)(C)C)C(=O)NS(=O)(=O)C1CC1. The molecular weight excluding hydrogens is 727 g/mol. The molecular formula is C40H47N5O9S. The first kappa shape index (κ1) is 38.3. The fourth-order valence-corrected chi connectivity index (χ4v) is 8.52. The van der Waals surface area contributed by atoms with E-state index in [4.69, 9.17) is 14.5 Å². The molecule has 4 aliphatic rings. The summed E-state index contributed by atoms with van der Waals surface area (Å²) in [5.41, 5.74) is -1.90. The number of aromatic nitrogens is 1. The van der Waals surface area contributed by atoms with Gasteiger partial charge in [0.2, 0.25) is 21.8 Å². The first-order chi connectivity index (χ1) is 26.0. The number of likely N-dealkylation sites (tertiary alicyclic amines) is 1. The quantitative estimate of drug-likeness (QED) is 0.188. The maximum atomic E-state index is 14.6. The van der Waals surface area contributed by atoms with Crippen LogP contribution < -0.4 is 24.8 Å². The van der Waals surface area contributed by atoms with Gasteiger partial charge in [0.15, 0.2) is 0 Å². The number of sulfonamides is 1. The molecule has 3 aromatic rings. The lowest BCUT2D eigenvalue weighted by atomic mass is 9.85. The van der Waals surface area contributed by atoms with Gasteiger partial charge in [-0.15, -0.1) is 6.58 Å². The predicted molar refractivity (Wildman–Crippen MR) is 203 cm³/mol. The molecule has 4 fully saturated rings. The van der Waals surface area contributed by atoms with Crippen LogP contribution in [-0.4, -0.2) is 95.3 Å². The van der Waals surface area contributed by atoms with Gasteiger partial charge in [0, 0.05) is 35.4 Å². The third-order valence-corrected chi connectivity index (χ3v) is 12.8. The molecule has 0 spiro atoms. The van der Waals surface area contributed by atoms with E-state index >= 15 is 0 Å². The molecule has 4 amide bonds. The van der Waals surface area contributed by atoms with Crippen LogP contribution in [0, 0.1) is 11.3 Å². The molecule has 15 heteroatoms. The predicted octanol–water partition coefficient (Wildman–Crippen LogP) is 2.98. The molecule has 0 radical (unpaired) electrons. The minimum absolute atomic E-state index is 0.00376. The van der Waals surface area contributed by atoms with Gasteiger partial charge < -0.3 is 30.1 Å². The highest BCUT2D eigenvalue weighted by Gasteiger charge is 2.62. The number of hydrogen-bond donors (Lipinski definition) is 4. The van der Waals surface area contributed by atoms with Gasteiger partial charge in [0.25, 0.3) is 11.8 Å². The summed E-state index contributed by atoms with van der Waals surface area (Å²) in [5.74, 6) is -2.27. The van der Waals surface area contributed by atoms with Gasteiger partial charge in [0.1, 0.15) is 40.8 Å². The average Bonchev–Trinajstić information content (AvgIpc) is 4.08. The number of methoxy groups -OCH3 is 1. The Morgan fingerprint density at radius 1 is 1.05 bits per heavy atom. The van der Waals surface area contributed by atoms with Crippen molar-refractivity contribution in [2.24, 2.45) is 11.3 Å². The van der Waals surface area contributed by atoms with Crippen LogP contribution in [0.2, 0.25) is 0 Å². The second-order valence-corrected chi connectivity index (χ2v) is 18.2. The van der Waals surface area contributed by atoms with E-state index in [1.54, 1.807) is 46.1 Å². The zero-order valence-electron chi connectivity index (χ0n) is 31.3. The number of fused-ring (bicyclic) bond motifs is 1. The topological polar surface area (TPSA) is 193 Å². The molecule has 1 aliphatic heterocycles. The lowest BCUT2D eigenvalue weighted by Crippen LogP contribution is -2.61. The van der Waals surface area contributed by atoms with E-state index in [1.165, 1.54) is 11.0 Å². The Morgan fingerprint density at radius 3 is 2.36 bits per heavy atom. The van der Waals surface area contributed by atoms with Crippen LogP contribution in [0.4, 0.5) is 0 Å². The summed E-state index contributed by atoms with van der Waals surface area (Å²) in [6, 6.07) is 14.4. The zero-order valence-corrected chi connectivity index (χ0v) is 32.1. The number of aliphatic hydroxyl groups is 1. The van der Waals surface area contributed by atoms with E-state index < -0.39 is 79.6 Å². The Hall–Kier alpha value is -5.02. The molecule has 1 saturated heterocycles. The highest BCUT2D eigenvalue weighted by Crippen LogP contribution is 2.46. The van der Waals surface area contributed by atoms with Gasteiger partial charge in [-0.3, -0.25) is 23.9 Å². The Bertz CT molecular complexity index is 2160. The minimum Gasteiger partial charge on any atom is -0.497 e. The molecule has 5 unspecified atom stereocenters. The standard InChI is InChI=1S/C40H47N5O9S/c1-6-24-21-40(24,37(49)44-55(51,52)27-13-14-27)43-34(46)31-19-26(22-45(31)35(47)33(38(2,3)4)42-36(48)39(50)16-17-39)54-32-20-29(23-10-8-7-9-11-23)41-30-18-25(53-5)12-15-28(30)32/h6-12,15,18,20,24,26-27,31,33,50H,1,13-14,16-17,19,21-22H2,2-5H3,(H,42,48)(H,43,46)(H,44,49). The van der Waals surface area contributed by atoms with E-state index in [2.05, 4.69) is 21.9 Å². The first-order valence-electron chi connectivity index (χ1n) is 18.5. The van der Waals surface area contributed by atoms with Crippen LogP contribution in [0.25, 0.3) is 22.2 Å². The van der Waals surface area contributed by atoms with Gasteiger partial charge in [0.05, 0.1) is 30.1 Å². The maximum absolute atomic E-state index is 14.6. The van der Waals surface area contributed by atoms with Gasteiger partial charge in [-0.05, 0) is 49.7 Å². The molecule has 3 saturated carbocycles. The number of carbonyl (C=O) groups is 4. The summed E-state index contributed by atoms with van der Waals surface area (Å²) in [5, 5.41) is 16.1. The van der Waals surface area contributed by atoms with E-state index in [9.17, 15) is 32.7 Å². The lowest BCUT2D eigenvalue weighted by Gasteiger charge is -2.36. The Labute approximate surface area is 320 Å². The monoisotopic (exact) mass is 773 g/mol. The van der Waals surface area contributed by atoms with Crippen molar-refractivity contribution in [1.82, 2.24) is 25.2 Å². The van der Waals surface area contributed by atoms with E-state index in [0.29, 0.717) is 40.9 Å². The number of carbonyl (C=O) groups excluding carboxylic acids is 4. The van der Waals surface area contributed by atoms with Gasteiger partial charge in [-0.25, -0.2) is 13.4 Å². The molecule has 5 atom stereocenters. The number of pyridine rings is 1. The largest absolute Gasteiger partial charge is 0.497 e. The number of amides is 4. The Morgan fingerprint density at radius 2 is 1.76 bits per heavy atom. The van der Waals surface area contributed by atoms with Crippen LogP contribution in [0.3, 0.4) is 0 Å². The number of ether oxygens (including phenoxy) is 2. The first-order valence-corrected chi connectivity index (χ1v) is 20.1. The van der Waals surface area contributed by atoms with E-state index in [-0.39, 0.29) is 32.2 Å². The summed E-state index contributed by atoms with van der Waals surface area (Å²) in [6.45, 7) is 9.03. The maximum Gasteiger partial charge on any atom is 0.259 e. The van der Waals surface area contributed by atoms with Gasteiger partial charge in [-0.2, -0.15) is 0 Å². The molecule has 4 N–H and O–H groups in total. The van der Waals surface area contributed by atoms with Gasteiger partial charge in [-0.1, -0.05) is 57.2 Å². The van der Waals surface area contributed by atoms with Gasteiger partial charge >= 0.3 is 0 Å². The number of nitrogens with zero attached hydrogens (tertiary/aromatic N) is 2. The number of rotatable bonds is 13. The molecule has 3 aliphatic carbocycles. The molecule has 292 valence electrons. The lowest BCUT2D eigenvalue weighted by molar-refractivity contribution is -0.146. The number of nitrogens with one attached hydrogen (secondary N) is 3. The number of benzene rings is 2. The molecule has 1 aromatic heterocycles.